The second-order valence-corrected chi connectivity index (χ2v) is 7.45. The van der Waals surface area contributed by atoms with Crippen LogP contribution in [0.1, 0.15) is 42.2 Å². The maximum atomic E-state index is 12.4. The van der Waals surface area contributed by atoms with Crippen molar-refractivity contribution >= 4 is 17.6 Å². The van der Waals surface area contributed by atoms with Crippen LogP contribution in [0.4, 0.5) is 5.69 Å². The number of carboxylic acid groups (broad SMARTS) is 1. The summed E-state index contributed by atoms with van der Waals surface area (Å²) in [6, 6.07) is 17.0. The predicted molar refractivity (Wildman–Crippen MR) is 106 cm³/mol. The molecule has 142 valence electrons. The zero-order valence-corrected chi connectivity index (χ0v) is 15.8. The molecule has 0 saturated carbocycles. The fourth-order valence-electron chi connectivity index (χ4n) is 3.77. The van der Waals surface area contributed by atoms with Crippen LogP contribution in [-0.2, 0) is 4.79 Å². The van der Waals surface area contributed by atoms with E-state index in [4.69, 9.17) is 0 Å². The van der Waals surface area contributed by atoms with E-state index in [9.17, 15) is 14.7 Å². The molecule has 2 N–H and O–H groups in total. The van der Waals surface area contributed by atoms with Crippen LogP contribution in [0.5, 0.6) is 0 Å². The number of anilines is 1. The number of hydrogen-bond donors (Lipinski definition) is 2. The SMILES string of the molecule is CC1CC(C(=O)O)CN(C(C)c2cccc(NC(=O)c3ccccc3)c2)C1. The number of nitrogens with zero attached hydrogens (tertiary/aromatic N) is 1. The number of benzene rings is 2. The Hall–Kier alpha value is -2.66. The van der Waals surface area contributed by atoms with Crippen molar-refractivity contribution in [3.63, 3.8) is 0 Å². The Morgan fingerprint density at radius 3 is 2.56 bits per heavy atom. The summed E-state index contributed by atoms with van der Waals surface area (Å²) in [5.74, 6) is -0.832. The van der Waals surface area contributed by atoms with Crippen LogP contribution in [0.15, 0.2) is 54.6 Å². The van der Waals surface area contributed by atoms with Crippen molar-refractivity contribution in [2.75, 3.05) is 18.4 Å². The minimum Gasteiger partial charge on any atom is -0.481 e. The highest BCUT2D eigenvalue weighted by molar-refractivity contribution is 6.04. The number of rotatable bonds is 5. The Kier molecular flexibility index (Phi) is 5.91. The third-order valence-electron chi connectivity index (χ3n) is 5.25. The molecule has 1 amide bonds. The maximum Gasteiger partial charge on any atom is 0.307 e. The van der Waals surface area contributed by atoms with Crippen molar-refractivity contribution in [3.8, 4) is 0 Å². The van der Waals surface area contributed by atoms with Gasteiger partial charge in [0.1, 0.15) is 0 Å². The second kappa shape index (κ2) is 8.35. The molecule has 2 aromatic rings. The van der Waals surface area contributed by atoms with Gasteiger partial charge in [0.2, 0.25) is 0 Å². The van der Waals surface area contributed by atoms with E-state index < -0.39 is 5.97 Å². The molecule has 1 aliphatic heterocycles. The van der Waals surface area contributed by atoms with E-state index in [1.165, 1.54) is 0 Å². The summed E-state index contributed by atoms with van der Waals surface area (Å²) < 4.78 is 0. The van der Waals surface area contributed by atoms with E-state index in [1.54, 1.807) is 12.1 Å². The number of piperidine rings is 1. The van der Waals surface area contributed by atoms with Gasteiger partial charge in [-0.2, -0.15) is 0 Å². The van der Waals surface area contributed by atoms with Gasteiger partial charge in [0.05, 0.1) is 5.92 Å². The molecule has 3 atom stereocenters. The monoisotopic (exact) mass is 366 g/mol. The summed E-state index contributed by atoms with van der Waals surface area (Å²) in [5, 5.41) is 12.3. The van der Waals surface area contributed by atoms with Crippen molar-refractivity contribution in [2.45, 2.75) is 26.3 Å². The first-order chi connectivity index (χ1) is 12.9. The van der Waals surface area contributed by atoms with Crippen LogP contribution < -0.4 is 5.32 Å². The first kappa shape index (κ1) is 19.1. The van der Waals surface area contributed by atoms with Gasteiger partial charge in [-0.25, -0.2) is 0 Å². The van der Waals surface area contributed by atoms with Gasteiger partial charge in [0, 0.05) is 30.4 Å². The van der Waals surface area contributed by atoms with Crippen molar-refractivity contribution in [1.82, 2.24) is 4.90 Å². The summed E-state index contributed by atoms with van der Waals surface area (Å²) in [6.45, 7) is 5.63. The van der Waals surface area contributed by atoms with E-state index >= 15 is 0 Å². The number of likely N-dealkylation sites (tertiary alicyclic amines) is 1. The van der Waals surface area contributed by atoms with Crippen LogP contribution in [0.25, 0.3) is 0 Å². The van der Waals surface area contributed by atoms with Gasteiger partial charge in [0.25, 0.3) is 5.91 Å². The minimum absolute atomic E-state index is 0.0863. The topological polar surface area (TPSA) is 69.6 Å². The van der Waals surface area contributed by atoms with Crippen LogP contribution in [0.2, 0.25) is 0 Å². The van der Waals surface area contributed by atoms with E-state index in [-0.39, 0.29) is 17.9 Å². The van der Waals surface area contributed by atoms with Gasteiger partial charge >= 0.3 is 5.97 Å². The minimum atomic E-state index is -0.720. The lowest BCUT2D eigenvalue weighted by Crippen LogP contribution is -2.43. The molecule has 3 rings (SSSR count). The maximum absolute atomic E-state index is 12.4. The Bertz CT molecular complexity index is 806. The highest BCUT2D eigenvalue weighted by Crippen LogP contribution is 2.30. The predicted octanol–water partition coefficient (Wildman–Crippen LogP) is 4.04. The smallest absolute Gasteiger partial charge is 0.307 e. The zero-order valence-electron chi connectivity index (χ0n) is 15.8. The molecule has 1 fully saturated rings. The Labute approximate surface area is 160 Å². The Morgan fingerprint density at radius 1 is 1.11 bits per heavy atom. The molecule has 1 aliphatic rings. The lowest BCUT2D eigenvalue weighted by atomic mass is 9.89. The number of carbonyl (C=O) groups excluding carboxylic acids is 1. The second-order valence-electron chi connectivity index (χ2n) is 7.45. The molecule has 5 heteroatoms. The molecule has 0 bridgehead atoms. The number of carbonyl (C=O) groups is 2. The lowest BCUT2D eigenvalue weighted by Gasteiger charge is -2.38. The summed E-state index contributed by atoms with van der Waals surface area (Å²) in [6.07, 6.45) is 0.728. The van der Waals surface area contributed by atoms with Gasteiger partial charge in [-0.05, 0) is 49.1 Å². The van der Waals surface area contributed by atoms with Crippen LogP contribution >= 0.6 is 0 Å². The number of carboxylic acids is 1. The van der Waals surface area contributed by atoms with Crippen LogP contribution in [0, 0.1) is 11.8 Å². The van der Waals surface area contributed by atoms with Crippen molar-refractivity contribution in [3.05, 3.63) is 65.7 Å². The highest BCUT2D eigenvalue weighted by atomic mass is 16.4. The number of hydrogen-bond acceptors (Lipinski definition) is 3. The largest absolute Gasteiger partial charge is 0.481 e. The summed E-state index contributed by atoms with van der Waals surface area (Å²) in [4.78, 5) is 26.0. The summed E-state index contributed by atoms with van der Waals surface area (Å²) in [5.41, 5.74) is 2.43. The molecule has 3 unspecified atom stereocenters. The van der Waals surface area contributed by atoms with Gasteiger partial charge < -0.3 is 10.4 Å². The molecule has 0 aromatic heterocycles. The number of amides is 1. The van der Waals surface area contributed by atoms with E-state index in [1.807, 2.05) is 42.5 Å². The average molecular weight is 366 g/mol. The zero-order chi connectivity index (χ0) is 19.4. The normalized spacial score (nSPS) is 21.4. The van der Waals surface area contributed by atoms with Gasteiger partial charge in [-0.15, -0.1) is 0 Å². The molecular weight excluding hydrogens is 340 g/mol. The van der Waals surface area contributed by atoms with Crippen molar-refractivity contribution in [2.24, 2.45) is 11.8 Å². The Morgan fingerprint density at radius 2 is 1.85 bits per heavy atom. The van der Waals surface area contributed by atoms with Crippen LogP contribution in [-0.4, -0.2) is 35.0 Å². The molecule has 1 saturated heterocycles. The standard InChI is InChI=1S/C22H26N2O3/c1-15-11-19(22(26)27)14-24(13-15)16(2)18-9-6-10-20(12-18)23-21(25)17-7-4-3-5-8-17/h3-10,12,15-16,19H,11,13-14H2,1-2H3,(H,23,25)(H,26,27). The molecule has 0 aliphatic carbocycles. The summed E-state index contributed by atoms with van der Waals surface area (Å²) in [7, 11) is 0. The Balaban J connectivity index is 1.72. The number of aliphatic carboxylic acids is 1. The lowest BCUT2D eigenvalue weighted by molar-refractivity contribution is -0.144. The quantitative estimate of drug-likeness (QED) is 0.838. The van der Waals surface area contributed by atoms with Crippen molar-refractivity contribution in [1.29, 1.82) is 0 Å². The van der Waals surface area contributed by atoms with Gasteiger partial charge in [0.15, 0.2) is 0 Å². The molecular formula is C22H26N2O3. The summed E-state index contributed by atoms with van der Waals surface area (Å²) >= 11 is 0. The average Bonchev–Trinajstić information content (AvgIpc) is 2.67. The molecule has 27 heavy (non-hydrogen) atoms. The molecule has 5 nitrogen and oxygen atoms in total. The van der Waals surface area contributed by atoms with Gasteiger partial charge in [-0.1, -0.05) is 37.3 Å². The first-order valence-corrected chi connectivity index (χ1v) is 9.37. The molecule has 1 heterocycles. The van der Waals surface area contributed by atoms with E-state index in [0.717, 1.165) is 24.2 Å². The van der Waals surface area contributed by atoms with Gasteiger partial charge in [-0.3, -0.25) is 14.5 Å². The fourth-order valence-corrected chi connectivity index (χ4v) is 3.77. The molecule has 0 radical (unpaired) electrons. The first-order valence-electron chi connectivity index (χ1n) is 9.37. The van der Waals surface area contributed by atoms with E-state index in [2.05, 4.69) is 24.1 Å². The molecule has 0 spiro atoms. The highest BCUT2D eigenvalue weighted by Gasteiger charge is 2.32. The fraction of sp³-hybridized carbons (Fsp3) is 0.364. The van der Waals surface area contributed by atoms with Crippen LogP contribution in [0.3, 0.4) is 0 Å². The molecule has 2 aromatic carbocycles. The van der Waals surface area contributed by atoms with Crippen molar-refractivity contribution < 1.29 is 14.7 Å². The third-order valence-corrected chi connectivity index (χ3v) is 5.25. The third kappa shape index (κ3) is 4.74. The number of nitrogens with one attached hydrogen (secondary N) is 1. The van der Waals surface area contributed by atoms with E-state index in [0.29, 0.717) is 18.0 Å².